The molecule has 4 fully saturated rings. The molecule has 29 heavy (non-hydrogen) atoms. The summed E-state index contributed by atoms with van der Waals surface area (Å²) in [7, 11) is 0. The number of benzene rings is 2. The van der Waals surface area contributed by atoms with Crippen LogP contribution >= 0.6 is 0 Å². The maximum Gasteiger partial charge on any atom is 0.255 e. The van der Waals surface area contributed by atoms with Gasteiger partial charge in [0.15, 0.2) is 0 Å². The van der Waals surface area contributed by atoms with E-state index in [2.05, 4.69) is 10.6 Å². The van der Waals surface area contributed by atoms with Crippen molar-refractivity contribution in [3.8, 4) is 0 Å². The highest BCUT2D eigenvalue weighted by atomic mass is 16.2. The van der Waals surface area contributed by atoms with Crippen LogP contribution in [-0.2, 0) is 0 Å². The molecule has 4 aliphatic rings. The molecule has 0 unspecified atom stereocenters. The van der Waals surface area contributed by atoms with Crippen molar-refractivity contribution in [1.29, 1.82) is 0 Å². The minimum atomic E-state index is -0.160. The molecule has 0 aliphatic heterocycles. The summed E-state index contributed by atoms with van der Waals surface area (Å²) < 4.78 is 0. The van der Waals surface area contributed by atoms with E-state index in [1.807, 2.05) is 43.3 Å². The quantitative estimate of drug-likeness (QED) is 0.790. The number of hydrogen-bond acceptors (Lipinski definition) is 2. The normalized spacial score (nSPS) is 29.5. The van der Waals surface area contributed by atoms with Crippen LogP contribution in [0.25, 0.3) is 0 Å². The lowest BCUT2D eigenvalue weighted by Crippen LogP contribution is -2.55. The predicted molar refractivity (Wildman–Crippen MR) is 114 cm³/mol. The van der Waals surface area contributed by atoms with E-state index in [1.54, 1.807) is 12.1 Å². The van der Waals surface area contributed by atoms with Gasteiger partial charge in [0.05, 0.1) is 0 Å². The van der Waals surface area contributed by atoms with Crippen molar-refractivity contribution in [2.45, 2.75) is 45.1 Å². The molecule has 4 heteroatoms. The molecule has 4 saturated carbocycles. The molecule has 150 valence electrons. The van der Waals surface area contributed by atoms with Gasteiger partial charge in [-0.15, -0.1) is 0 Å². The molecule has 2 N–H and O–H groups in total. The highest BCUT2D eigenvalue weighted by molar-refractivity contribution is 6.05. The van der Waals surface area contributed by atoms with E-state index in [1.165, 1.54) is 32.1 Å². The van der Waals surface area contributed by atoms with E-state index in [4.69, 9.17) is 0 Å². The lowest BCUT2D eigenvalue weighted by Gasteiger charge is -2.54. The van der Waals surface area contributed by atoms with Crippen molar-refractivity contribution in [3.05, 3.63) is 65.2 Å². The average Bonchev–Trinajstić information content (AvgIpc) is 2.72. The van der Waals surface area contributed by atoms with Crippen molar-refractivity contribution < 1.29 is 9.59 Å². The summed E-state index contributed by atoms with van der Waals surface area (Å²) in [5, 5.41) is 6.32. The molecule has 0 aromatic heterocycles. The van der Waals surface area contributed by atoms with Gasteiger partial charge in [-0.2, -0.15) is 0 Å². The zero-order valence-electron chi connectivity index (χ0n) is 16.9. The number of nitrogens with one attached hydrogen (secondary N) is 2. The third-order valence-electron chi connectivity index (χ3n) is 7.31. The number of anilines is 1. The Kier molecular flexibility index (Phi) is 4.65. The van der Waals surface area contributed by atoms with Gasteiger partial charge in [0.25, 0.3) is 11.8 Å². The summed E-state index contributed by atoms with van der Waals surface area (Å²) in [5.41, 5.74) is 2.86. The molecule has 6 rings (SSSR count). The second-order valence-corrected chi connectivity index (χ2v) is 9.28. The average molecular weight is 389 g/mol. The first kappa shape index (κ1) is 18.4. The Morgan fingerprint density at radius 2 is 1.45 bits per heavy atom. The maximum atomic E-state index is 13.0. The molecule has 0 atom stereocenters. The van der Waals surface area contributed by atoms with E-state index < -0.39 is 0 Å². The fourth-order valence-corrected chi connectivity index (χ4v) is 6.08. The zero-order chi connectivity index (χ0) is 20.0. The Labute approximate surface area is 172 Å². The Hall–Kier alpha value is -2.62. The third-order valence-corrected chi connectivity index (χ3v) is 7.31. The van der Waals surface area contributed by atoms with E-state index in [9.17, 15) is 9.59 Å². The van der Waals surface area contributed by atoms with Crippen molar-refractivity contribution in [3.63, 3.8) is 0 Å². The highest BCUT2D eigenvalue weighted by Crippen LogP contribution is 2.53. The standard InChI is InChI=1S/C25H28N2O2/c1-15-7-8-19(14-22(15)26-24(28)18-5-3-2-4-6-18)25(29)27-23-20-10-16-9-17(12-20)13-21(23)11-16/h2-8,14,16-17,20-21,23H,9-13H2,1H3,(H,26,28)(H,27,29). The summed E-state index contributed by atoms with van der Waals surface area (Å²) in [6, 6.07) is 15.0. The molecule has 2 aromatic rings. The fourth-order valence-electron chi connectivity index (χ4n) is 6.08. The highest BCUT2D eigenvalue weighted by Gasteiger charge is 2.48. The number of rotatable bonds is 4. The maximum absolute atomic E-state index is 13.0. The van der Waals surface area contributed by atoms with Gasteiger partial charge in [-0.3, -0.25) is 9.59 Å². The summed E-state index contributed by atoms with van der Waals surface area (Å²) in [6.45, 7) is 1.94. The first-order valence-electron chi connectivity index (χ1n) is 10.8. The Morgan fingerprint density at radius 3 is 2.10 bits per heavy atom. The minimum Gasteiger partial charge on any atom is -0.349 e. The molecule has 0 radical (unpaired) electrons. The van der Waals surface area contributed by atoms with Gasteiger partial charge in [0.1, 0.15) is 0 Å². The van der Waals surface area contributed by atoms with Crippen LogP contribution in [0.15, 0.2) is 48.5 Å². The van der Waals surface area contributed by atoms with Crippen LogP contribution in [0.3, 0.4) is 0 Å². The van der Waals surface area contributed by atoms with Crippen LogP contribution in [0.2, 0.25) is 0 Å². The lowest BCUT2D eigenvalue weighted by molar-refractivity contribution is -0.0119. The second kappa shape index (κ2) is 7.33. The van der Waals surface area contributed by atoms with Crippen LogP contribution in [0.4, 0.5) is 5.69 Å². The predicted octanol–water partition coefficient (Wildman–Crippen LogP) is 4.80. The van der Waals surface area contributed by atoms with Crippen LogP contribution in [-0.4, -0.2) is 17.9 Å². The molecule has 0 spiro atoms. The Balaban J connectivity index is 1.30. The molecule has 4 aliphatic carbocycles. The van der Waals surface area contributed by atoms with E-state index in [-0.39, 0.29) is 11.8 Å². The second-order valence-electron chi connectivity index (χ2n) is 9.28. The number of carbonyl (C=O) groups excluding carboxylic acids is 2. The molecule has 0 heterocycles. The summed E-state index contributed by atoms with van der Waals surface area (Å²) in [6.07, 6.45) is 6.54. The SMILES string of the molecule is Cc1ccc(C(=O)NC2C3CC4CC(C3)CC2C4)cc1NC(=O)c1ccccc1. The van der Waals surface area contributed by atoms with Crippen LogP contribution in [0, 0.1) is 30.6 Å². The Bertz CT molecular complexity index is 909. The fraction of sp³-hybridized carbons (Fsp3) is 0.440. The minimum absolute atomic E-state index is 0.0160. The lowest BCUT2D eigenvalue weighted by atomic mass is 9.54. The first-order chi connectivity index (χ1) is 14.1. The Morgan fingerprint density at radius 1 is 0.793 bits per heavy atom. The summed E-state index contributed by atoms with van der Waals surface area (Å²) >= 11 is 0. The molecule has 0 saturated heterocycles. The molecular weight excluding hydrogens is 360 g/mol. The molecule has 4 nitrogen and oxygen atoms in total. The van der Waals surface area contributed by atoms with Gasteiger partial charge in [0.2, 0.25) is 0 Å². The molecule has 4 bridgehead atoms. The molecule has 2 aromatic carbocycles. The number of amides is 2. The van der Waals surface area contributed by atoms with Gasteiger partial charge in [0, 0.05) is 22.9 Å². The van der Waals surface area contributed by atoms with Gasteiger partial charge < -0.3 is 10.6 Å². The van der Waals surface area contributed by atoms with Gasteiger partial charge in [-0.25, -0.2) is 0 Å². The van der Waals surface area contributed by atoms with Crippen molar-refractivity contribution >= 4 is 17.5 Å². The van der Waals surface area contributed by atoms with Crippen molar-refractivity contribution in [1.82, 2.24) is 5.32 Å². The monoisotopic (exact) mass is 388 g/mol. The van der Waals surface area contributed by atoms with E-state index in [0.29, 0.717) is 34.7 Å². The largest absolute Gasteiger partial charge is 0.349 e. The first-order valence-corrected chi connectivity index (χ1v) is 10.8. The van der Waals surface area contributed by atoms with Crippen LogP contribution in [0.5, 0.6) is 0 Å². The zero-order valence-corrected chi connectivity index (χ0v) is 16.9. The van der Waals surface area contributed by atoms with Crippen LogP contribution in [0.1, 0.15) is 58.4 Å². The summed E-state index contributed by atoms with van der Waals surface area (Å²) in [5.74, 6) is 2.91. The van der Waals surface area contributed by atoms with Crippen molar-refractivity contribution in [2.24, 2.45) is 23.7 Å². The van der Waals surface area contributed by atoms with E-state index >= 15 is 0 Å². The molecular formula is C25H28N2O2. The van der Waals surface area contributed by atoms with Crippen molar-refractivity contribution in [2.75, 3.05) is 5.32 Å². The van der Waals surface area contributed by atoms with Crippen LogP contribution < -0.4 is 10.6 Å². The van der Waals surface area contributed by atoms with Gasteiger partial charge in [-0.05, 0) is 92.5 Å². The smallest absolute Gasteiger partial charge is 0.255 e. The third kappa shape index (κ3) is 3.57. The summed E-state index contributed by atoms with van der Waals surface area (Å²) in [4.78, 5) is 25.6. The number of hydrogen-bond donors (Lipinski definition) is 2. The number of aryl methyl sites for hydroxylation is 1. The van der Waals surface area contributed by atoms with E-state index in [0.717, 1.165) is 17.4 Å². The number of carbonyl (C=O) groups is 2. The van der Waals surface area contributed by atoms with Gasteiger partial charge >= 0.3 is 0 Å². The molecule has 2 amide bonds. The van der Waals surface area contributed by atoms with Gasteiger partial charge in [-0.1, -0.05) is 24.3 Å². The topological polar surface area (TPSA) is 58.2 Å².